The van der Waals surface area contributed by atoms with Crippen LogP contribution in [0.25, 0.3) is 0 Å². The van der Waals surface area contributed by atoms with Crippen molar-refractivity contribution in [2.75, 3.05) is 44.8 Å². The summed E-state index contributed by atoms with van der Waals surface area (Å²) < 4.78 is 10.6. The summed E-state index contributed by atoms with van der Waals surface area (Å²) in [6.45, 7) is 2.27. The van der Waals surface area contributed by atoms with Gasteiger partial charge in [-0.25, -0.2) is 0 Å². The Morgan fingerprint density at radius 2 is 1.90 bits per heavy atom. The molecule has 162 valence electrons. The first-order valence-corrected chi connectivity index (χ1v) is 10.1. The van der Waals surface area contributed by atoms with Crippen LogP contribution >= 0.6 is 11.6 Å². The highest BCUT2D eigenvalue weighted by Crippen LogP contribution is 2.36. The molecule has 9 heteroatoms. The SMILES string of the molecule is COc1cc(C(=O)N2CCCN(c3ccc(C#N)cc3)CC2)cc(Cl)c1OCC(N)=O. The summed E-state index contributed by atoms with van der Waals surface area (Å²) in [5.74, 6) is -0.383. The Balaban J connectivity index is 1.73. The number of hydrogen-bond donors (Lipinski definition) is 1. The van der Waals surface area contributed by atoms with Gasteiger partial charge in [0.2, 0.25) is 0 Å². The molecule has 1 aliphatic rings. The molecule has 0 bridgehead atoms. The molecule has 1 aliphatic heterocycles. The van der Waals surface area contributed by atoms with Crippen molar-refractivity contribution in [1.29, 1.82) is 5.26 Å². The van der Waals surface area contributed by atoms with E-state index >= 15 is 0 Å². The number of anilines is 1. The third kappa shape index (κ3) is 5.38. The summed E-state index contributed by atoms with van der Waals surface area (Å²) in [4.78, 5) is 28.1. The summed E-state index contributed by atoms with van der Waals surface area (Å²) >= 11 is 6.28. The first-order chi connectivity index (χ1) is 14.9. The smallest absolute Gasteiger partial charge is 0.255 e. The van der Waals surface area contributed by atoms with E-state index in [1.807, 2.05) is 12.1 Å². The minimum absolute atomic E-state index is 0.164. The molecule has 2 aromatic rings. The molecular weight excluding hydrogens is 420 g/mol. The maximum atomic E-state index is 13.1. The zero-order chi connectivity index (χ0) is 22.4. The van der Waals surface area contributed by atoms with Crippen molar-refractivity contribution in [3.8, 4) is 17.6 Å². The highest BCUT2D eigenvalue weighted by molar-refractivity contribution is 6.32. The number of primary amides is 1. The van der Waals surface area contributed by atoms with Crippen LogP contribution in [0.5, 0.6) is 11.5 Å². The maximum Gasteiger partial charge on any atom is 0.255 e. The molecule has 1 heterocycles. The normalized spacial score (nSPS) is 13.8. The molecule has 2 N–H and O–H groups in total. The number of rotatable bonds is 6. The van der Waals surface area contributed by atoms with E-state index in [-0.39, 0.29) is 29.0 Å². The second kappa shape index (κ2) is 10.0. The third-order valence-corrected chi connectivity index (χ3v) is 5.26. The highest BCUT2D eigenvalue weighted by Gasteiger charge is 2.23. The summed E-state index contributed by atoms with van der Waals surface area (Å²) in [5.41, 5.74) is 7.13. The molecule has 1 fully saturated rings. The minimum Gasteiger partial charge on any atom is -0.493 e. The van der Waals surface area contributed by atoms with Crippen molar-refractivity contribution in [2.24, 2.45) is 5.73 Å². The number of nitriles is 1. The summed E-state index contributed by atoms with van der Waals surface area (Å²) in [7, 11) is 1.43. The van der Waals surface area contributed by atoms with Crippen molar-refractivity contribution in [1.82, 2.24) is 4.90 Å². The summed E-state index contributed by atoms with van der Waals surface area (Å²) in [6.07, 6.45) is 0.802. The van der Waals surface area contributed by atoms with E-state index in [0.717, 1.165) is 18.7 Å². The van der Waals surface area contributed by atoms with Gasteiger partial charge in [0, 0.05) is 37.4 Å². The van der Waals surface area contributed by atoms with Gasteiger partial charge in [0.15, 0.2) is 18.1 Å². The van der Waals surface area contributed by atoms with Crippen LogP contribution < -0.4 is 20.1 Å². The molecule has 0 radical (unpaired) electrons. The Morgan fingerprint density at radius 3 is 2.55 bits per heavy atom. The van der Waals surface area contributed by atoms with Crippen LogP contribution in [0.2, 0.25) is 5.02 Å². The lowest BCUT2D eigenvalue weighted by Gasteiger charge is -2.24. The molecule has 0 saturated carbocycles. The van der Waals surface area contributed by atoms with E-state index in [2.05, 4.69) is 11.0 Å². The van der Waals surface area contributed by atoms with Crippen LogP contribution in [0.1, 0.15) is 22.3 Å². The number of methoxy groups -OCH3 is 1. The fourth-order valence-electron chi connectivity index (χ4n) is 3.43. The zero-order valence-corrected chi connectivity index (χ0v) is 17.9. The maximum absolute atomic E-state index is 13.1. The number of carbonyl (C=O) groups is 2. The number of halogens is 1. The van der Waals surface area contributed by atoms with Crippen molar-refractivity contribution < 1.29 is 19.1 Å². The van der Waals surface area contributed by atoms with Gasteiger partial charge < -0.3 is 25.0 Å². The van der Waals surface area contributed by atoms with E-state index < -0.39 is 5.91 Å². The fourth-order valence-corrected chi connectivity index (χ4v) is 3.70. The Morgan fingerprint density at radius 1 is 1.16 bits per heavy atom. The molecule has 0 atom stereocenters. The quantitative estimate of drug-likeness (QED) is 0.735. The minimum atomic E-state index is -0.644. The Hall–Kier alpha value is -3.44. The van der Waals surface area contributed by atoms with Gasteiger partial charge in [-0.05, 0) is 42.8 Å². The molecule has 2 amide bonds. The monoisotopic (exact) mass is 442 g/mol. The third-order valence-electron chi connectivity index (χ3n) is 4.98. The van der Waals surface area contributed by atoms with Crippen LogP contribution in [0.15, 0.2) is 36.4 Å². The topological polar surface area (TPSA) is 109 Å². The Kier molecular flexibility index (Phi) is 7.21. The lowest BCUT2D eigenvalue weighted by molar-refractivity contribution is -0.119. The van der Waals surface area contributed by atoms with Gasteiger partial charge in [-0.3, -0.25) is 9.59 Å². The first-order valence-electron chi connectivity index (χ1n) is 9.76. The molecule has 8 nitrogen and oxygen atoms in total. The van der Waals surface area contributed by atoms with Crippen LogP contribution in [0, 0.1) is 11.3 Å². The van der Waals surface area contributed by atoms with Crippen LogP contribution in [-0.4, -0.2) is 56.6 Å². The number of carbonyl (C=O) groups excluding carboxylic acids is 2. The number of benzene rings is 2. The van der Waals surface area contributed by atoms with Crippen LogP contribution in [-0.2, 0) is 4.79 Å². The number of ether oxygens (including phenoxy) is 2. The molecule has 31 heavy (non-hydrogen) atoms. The van der Waals surface area contributed by atoms with Crippen LogP contribution in [0.4, 0.5) is 5.69 Å². The number of nitrogens with zero attached hydrogens (tertiary/aromatic N) is 3. The predicted molar refractivity (Wildman–Crippen MR) is 117 cm³/mol. The van der Waals surface area contributed by atoms with Gasteiger partial charge in [-0.2, -0.15) is 5.26 Å². The standard InChI is InChI=1S/C22H23ClN4O4/c1-30-19-12-16(11-18(23)21(19)31-14-20(25)28)22(29)27-8-2-7-26(9-10-27)17-5-3-15(13-24)4-6-17/h3-6,11-12H,2,7-10,14H2,1H3,(H2,25,28). The molecule has 3 rings (SSSR count). The molecule has 0 aliphatic carbocycles. The van der Waals surface area contributed by atoms with Gasteiger partial charge in [-0.15, -0.1) is 0 Å². The van der Waals surface area contributed by atoms with Gasteiger partial charge in [0.25, 0.3) is 11.8 Å². The average molecular weight is 443 g/mol. The molecule has 0 spiro atoms. The molecule has 0 unspecified atom stereocenters. The fraction of sp³-hybridized carbons (Fsp3) is 0.318. The highest BCUT2D eigenvalue weighted by atomic mass is 35.5. The van der Waals surface area contributed by atoms with E-state index in [1.54, 1.807) is 23.1 Å². The number of nitrogens with two attached hydrogens (primary N) is 1. The lowest BCUT2D eigenvalue weighted by Crippen LogP contribution is -2.35. The molecular formula is C22H23ClN4O4. The second-order valence-electron chi connectivity index (χ2n) is 7.04. The van der Waals surface area contributed by atoms with Gasteiger partial charge in [0.1, 0.15) is 0 Å². The van der Waals surface area contributed by atoms with Crippen LogP contribution in [0.3, 0.4) is 0 Å². The van der Waals surface area contributed by atoms with Crippen molar-refractivity contribution in [3.05, 3.63) is 52.5 Å². The van der Waals surface area contributed by atoms with E-state index in [9.17, 15) is 9.59 Å². The zero-order valence-electron chi connectivity index (χ0n) is 17.1. The van der Waals surface area contributed by atoms with E-state index in [4.69, 9.17) is 32.1 Å². The van der Waals surface area contributed by atoms with E-state index in [0.29, 0.717) is 30.8 Å². The van der Waals surface area contributed by atoms with Crippen molar-refractivity contribution in [2.45, 2.75) is 6.42 Å². The predicted octanol–water partition coefficient (Wildman–Crippen LogP) is 2.44. The largest absolute Gasteiger partial charge is 0.493 e. The van der Waals surface area contributed by atoms with Gasteiger partial charge in [0.05, 0.1) is 23.8 Å². The van der Waals surface area contributed by atoms with Gasteiger partial charge in [-0.1, -0.05) is 11.6 Å². The Bertz CT molecular complexity index is 1000. The average Bonchev–Trinajstić information content (AvgIpc) is 3.03. The number of amides is 2. The molecule has 1 saturated heterocycles. The molecule has 2 aromatic carbocycles. The lowest BCUT2D eigenvalue weighted by atomic mass is 10.1. The van der Waals surface area contributed by atoms with Gasteiger partial charge >= 0.3 is 0 Å². The number of hydrogen-bond acceptors (Lipinski definition) is 6. The first kappa shape index (κ1) is 22.2. The second-order valence-corrected chi connectivity index (χ2v) is 7.44. The summed E-state index contributed by atoms with van der Waals surface area (Å²) in [6, 6.07) is 12.6. The Labute approximate surface area is 185 Å². The van der Waals surface area contributed by atoms with Crippen molar-refractivity contribution in [3.63, 3.8) is 0 Å². The van der Waals surface area contributed by atoms with E-state index in [1.165, 1.54) is 13.2 Å². The summed E-state index contributed by atoms with van der Waals surface area (Å²) in [5, 5.41) is 9.13. The molecule has 0 aromatic heterocycles. The van der Waals surface area contributed by atoms with Crippen molar-refractivity contribution >= 4 is 29.1 Å².